The molecule has 1 aliphatic heterocycles. The lowest BCUT2D eigenvalue weighted by atomic mass is 9.97. The van der Waals surface area contributed by atoms with Crippen LogP contribution in [0.4, 0.5) is 5.69 Å². The van der Waals surface area contributed by atoms with Crippen LogP contribution in [0.2, 0.25) is 0 Å². The van der Waals surface area contributed by atoms with E-state index in [2.05, 4.69) is 41.4 Å². The summed E-state index contributed by atoms with van der Waals surface area (Å²) in [5.41, 5.74) is 2.72. The highest BCUT2D eigenvalue weighted by atomic mass is 16.3. The first-order chi connectivity index (χ1) is 11.3. The Morgan fingerprint density at radius 1 is 1.04 bits per heavy atom. The average Bonchev–Trinajstić information content (AvgIpc) is 3.09. The molecule has 1 saturated heterocycles. The fourth-order valence-corrected chi connectivity index (χ4v) is 4.09. The summed E-state index contributed by atoms with van der Waals surface area (Å²) in [7, 11) is 0. The molecule has 2 aliphatic rings. The van der Waals surface area contributed by atoms with E-state index < -0.39 is 0 Å². The zero-order valence-corrected chi connectivity index (χ0v) is 14.5. The summed E-state index contributed by atoms with van der Waals surface area (Å²) in [6.45, 7) is 5.80. The average molecular weight is 316 g/mol. The molecule has 0 amide bonds. The molecular weight excluding hydrogens is 284 g/mol. The van der Waals surface area contributed by atoms with Gasteiger partial charge in [-0.3, -0.25) is 0 Å². The molecule has 2 atom stereocenters. The number of aliphatic hydroxyl groups is 1. The van der Waals surface area contributed by atoms with Crippen LogP contribution in [0.5, 0.6) is 0 Å². The molecule has 0 aromatic heterocycles. The van der Waals surface area contributed by atoms with Crippen molar-refractivity contribution in [3.05, 3.63) is 29.8 Å². The molecule has 0 bridgehead atoms. The van der Waals surface area contributed by atoms with Crippen LogP contribution in [0.15, 0.2) is 24.3 Å². The summed E-state index contributed by atoms with van der Waals surface area (Å²) < 4.78 is 0. The van der Waals surface area contributed by atoms with Crippen LogP contribution in [-0.4, -0.2) is 30.8 Å². The number of anilines is 1. The number of benzene rings is 1. The molecule has 1 aromatic carbocycles. The maximum atomic E-state index is 9.24. The van der Waals surface area contributed by atoms with E-state index in [1.807, 2.05) is 0 Å². The van der Waals surface area contributed by atoms with Gasteiger partial charge >= 0.3 is 0 Å². The van der Waals surface area contributed by atoms with E-state index in [9.17, 15) is 5.11 Å². The maximum Gasteiger partial charge on any atom is 0.0460 e. The molecule has 128 valence electrons. The molecule has 1 aliphatic carbocycles. The first kappa shape index (κ1) is 16.8. The molecule has 3 heteroatoms. The standard InChI is InChI=1S/C20H32N2O/c1-2-16-3-6-19(13-16)21-14-17-4-7-20(8-5-17)22-11-9-18(15-23)10-12-22/h4-5,7-8,16,18-19,21,23H,2-3,6,9-15H2,1H3. The van der Waals surface area contributed by atoms with E-state index in [1.165, 1.54) is 36.9 Å². The highest BCUT2D eigenvalue weighted by Gasteiger charge is 2.22. The minimum absolute atomic E-state index is 0.346. The molecular formula is C20H32N2O. The summed E-state index contributed by atoms with van der Waals surface area (Å²) in [5, 5.41) is 13.0. The second-order valence-corrected chi connectivity index (χ2v) is 7.44. The quantitative estimate of drug-likeness (QED) is 0.842. The Morgan fingerprint density at radius 2 is 1.78 bits per heavy atom. The highest BCUT2D eigenvalue weighted by molar-refractivity contribution is 5.48. The van der Waals surface area contributed by atoms with Gasteiger partial charge in [-0.1, -0.05) is 25.5 Å². The van der Waals surface area contributed by atoms with Crippen molar-refractivity contribution in [3.63, 3.8) is 0 Å². The smallest absolute Gasteiger partial charge is 0.0460 e. The summed E-state index contributed by atoms with van der Waals surface area (Å²) in [6.07, 6.45) is 7.65. The number of hydrogen-bond donors (Lipinski definition) is 2. The number of hydrogen-bond acceptors (Lipinski definition) is 3. The topological polar surface area (TPSA) is 35.5 Å². The van der Waals surface area contributed by atoms with Crippen molar-refractivity contribution in [2.45, 2.75) is 58.0 Å². The third kappa shape index (κ3) is 4.48. The van der Waals surface area contributed by atoms with Gasteiger partial charge in [-0.05, 0) is 61.6 Å². The van der Waals surface area contributed by atoms with Crippen LogP contribution in [0.3, 0.4) is 0 Å². The maximum absolute atomic E-state index is 9.24. The van der Waals surface area contributed by atoms with E-state index in [-0.39, 0.29) is 0 Å². The third-order valence-electron chi connectivity index (χ3n) is 5.89. The Labute approximate surface area is 141 Å². The van der Waals surface area contributed by atoms with Crippen LogP contribution in [0.25, 0.3) is 0 Å². The molecule has 2 N–H and O–H groups in total. The Kier molecular flexibility index (Phi) is 5.96. The Bertz CT molecular complexity index is 465. The second kappa shape index (κ2) is 8.16. The molecule has 1 saturated carbocycles. The van der Waals surface area contributed by atoms with Gasteiger partial charge in [-0.15, -0.1) is 0 Å². The predicted molar refractivity (Wildman–Crippen MR) is 96.7 cm³/mol. The van der Waals surface area contributed by atoms with Crippen molar-refractivity contribution in [2.75, 3.05) is 24.6 Å². The van der Waals surface area contributed by atoms with Gasteiger partial charge in [0.1, 0.15) is 0 Å². The summed E-state index contributed by atoms with van der Waals surface area (Å²) in [6, 6.07) is 9.79. The second-order valence-electron chi connectivity index (χ2n) is 7.44. The van der Waals surface area contributed by atoms with Crippen LogP contribution in [-0.2, 0) is 6.54 Å². The van der Waals surface area contributed by atoms with Crippen molar-refractivity contribution in [1.82, 2.24) is 5.32 Å². The van der Waals surface area contributed by atoms with Gasteiger partial charge in [-0.25, -0.2) is 0 Å². The Balaban J connectivity index is 1.46. The molecule has 3 nitrogen and oxygen atoms in total. The number of nitrogens with zero attached hydrogens (tertiary/aromatic N) is 1. The van der Waals surface area contributed by atoms with E-state index in [0.717, 1.165) is 44.4 Å². The van der Waals surface area contributed by atoms with E-state index in [1.54, 1.807) is 0 Å². The molecule has 0 radical (unpaired) electrons. The molecule has 2 fully saturated rings. The van der Waals surface area contributed by atoms with Crippen LogP contribution in [0, 0.1) is 11.8 Å². The van der Waals surface area contributed by atoms with Gasteiger partial charge in [0.15, 0.2) is 0 Å². The first-order valence-electron chi connectivity index (χ1n) is 9.46. The van der Waals surface area contributed by atoms with Gasteiger partial charge in [-0.2, -0.15) is 0 Å². The molecule has 1 aromatic rings. The van der Waals surface area contributed by atoms with E-state index in [4.69, 9.17) is 0 Å². The first-order valence-corrected chi connectivity index (χ1v) is 9.46. The summed E-state index contributed by atoms with van der Waals surface area (Å²) in [5.74, 6) is 1.45. The Morgan fingerprint density at radius 3 is 2.39 bits per heavy atom. The van der Waals surface area contributed by atoms with Crippen LogP contribution in [0.1, 0.15) is 51.0 Å². The van der Waals surface area contributed by atoms with Crippen LogP contribution < -0.4 is 10.2 Å². The largest absolute Gasteiger partial charge is 0.396 e. The fraction of sp³-hybridized carbons (Fsp3) is 0.700. The number of aliphatic hydroxyl groups excluding tert-OH is 1. The van der Waals surface area contributed by atoms with Crippen molar-refractivity contribution in [3.8, 4) is 0 Å². The molecule has 3 rings (SSSR count). The lowest BCUT2D eigenvalue weighted by Crippen LogP contribution is -2.34. The summed E-state index contributed by atoms with van der Waals surface area (Å²) in [4.78, 5) is 2.45. The van der Waals surface area contributed by atoms with Gasteiger partial charge in [0, 0.05) is 38.0 Å². The van der Waals surface area contributed by atoms with Crippen molar-refractivity contribution in [1.29, 1.82) is 0 Å². The lowest BCUT2D eigenvalue weighted by molar-refractivity contribution is 0.203. The fourth-order valence-electron chi connectivity index (χ4n) is 4.09. The zero-order valence-electron chi connectivity index (χ0n) is 14.5. The molecule has 2 unspecified atom stereocenters. The van der Waals surface area contributed by atoms with E-state index >= 15 is 0 Å². The molecule has 23 heavy (non-hydrogen) atoms. The van der Waals surface area contributed by atoms with Crippen LogP contribution >= 0.6 is 0 Å². The van der Waals surface area contributed by atoms with Gasteiger partial charge in [0.25, 0.3) is 0 Å². The SMILES string of the molecule is CCC1CCC(NCc2ccc(N3CCC(CO)CC3)cc2)C1. The number of nitrogens with one attached hydrogen (secondary N) is 1. The van der Waals surface area contributed by atoms with Gasteiger partial charge in [0.2, 0.25) is 0 Å². The Hall–Kier alpha value is -1.06. The zero-order chi connectivity index (χ0) is 16.1. The minimum atomic E-state index is 0.346. The monoisotopic (exact) mass is 316 g/mol. The summed E-state index contributed by atoms with van der Waals surface area (Å²) >= 11 is 0. The van der Waals surface area contributed by atoms with Gasteiger partial charge in [0.05, 0.1) is 0 Å². The predicted octanol–water partition coefficient (Wildman–Crippen LogP) is 3.56. The van der Waals surface area contributed by atoms with Crippen molar-refractivity contribution in [2.24, 2.45) is 11.8 Å². The van der Waals surface area contributed by atoms with Crippen molar-refractivity contribution >= 4 is 5.69 Å². The number of rotatable bonds is 6. The van der Waals surface area contributed by atoms with E-state index in [0.29, 0.717) is 12.5 Å². The third-order valence-corrected chi connectivity index (χ3v) is 5.89. The minimum Gasteiger partial charge on any atom is -0.396 e. The molecule has 1 heterocycles. The normalized spacial score (nSPS) is 25.9. The molecule has 0 spiro atoms. The number of piperidine rings is 1. The van der Waals surface area contributed by atoms with Crippen molar-refractivity contribution < 1.29 is 5.11 Å². The van der Waals surface area contributed by atoms with Gasteiger partial charge < -0.3 is 15.3 Å². The lowest BCUT2D eigenvalue weighted by Gasteiger charge is -2.33. The highest BCUT2D eigenvalue weighted by Crippen LogP contribution is 2.28.